The van der Waals surface area contributed by atoms with Crippen LogP contribution in [-0.4, -0.2) is 56.7 Å². The minimum Gasteiger partial charge on any atom is -0.475 e. The average molecular weight is 435 g/mol. The maximum atomic E-state index is 11.9. The van der Waals surface area contributed by atoms with Gasteiger partial charge in [-0.25, -0.2) is 14.8 Å². The Balaban J connectivity index is 0.000000339. The van der Waals surface area contributed by atoms with Gasteiger partial charge < -0.3 is 20.1 Å². The van der Waals surface area contributed by atoms with Crippen LogP contribution in [0, 0.1) is 0 Å². The standard InChI is InChI=1S/C17H15N5O2.C2HF3O2/c1-24-17-20-8-11(9-21-17)14-6-10(2-4-18-14)15-7-12-13(22-15)3-5-19-16(12)23;3-2(4,5)1(6)7/h2,4,6-9,22H,3,5H2,1H3,(H,19,23);(H,6,7). The number of nitrogens with one attached hydrogen (secondary N) is 2. The number of nitrogens with zero attached hydrogens (tertiary/aromatic N) is 3. The minimum atomic E-state index is -5.08. The van der Waals surface area contributed by atoms with E-state index in [0.717, 1.165) is 34.6 Å². The summed E-state index contributed by atoms with van der Waals surface area (Å²) in [6.07, 6.45) is 0.802. The molecule has 3 N–H and O–H groups in total. The van der Waals surface area contributed by atoms with Crippen molar-refractivity contribution >= 4 is 11.9 Å². The van der Waals surface area contributed by atoms with Crippen LogP contribution >= 0.6 is 0 Å². The van der Waals surface area contributed by atoms with E-state index in [-0.39, 0.29) is 5.91 Å². The molecule has 0 aromatic carbocycles. The molecule has 0 fully saturated rings. The van der Waals surface area contributed by atoms with Gasteiger partial charge in [-0.15, -0.1) is 0 Å². The van der Waals surface area contributed by atoms with Crippen LogP contribution in [0.25, 0.3) is 22.5 Å². The Morgan fingerprint density at radius 3 is 2.42 bits per heavy atom. The first-order valence-corrected chi connectivity index (χ1v) is 8.82. The molecular weight excluding hydrogens is 419 g/mol. The average Bonchev–Trinajstić information content (AvgIpc) is 3.20. The SMILES string of the molecule is COc1ncc(-c2cc(-c3cc4c([nH]3)CCNC4=O)ccn2)cn1.O=C(O)C(F)(F)F. The van der Waals surface area contributed by atoms with Crippen molar-refractivity contribution in [3.8, 4) is 28.5 Å². The Hall–Kier alpha value is -3.96. The molecule has 0 spiro atoms. The van der Waals surface area contributed by atoms with Crippen molar-refractivity contribution < 1.29 is 32.6 Å². The van der Waals surface area contributed by atoms with Gasteiger partial charge in [-0.3, -0.25) is 9.78 Å². The molecule has 9 nitrogen and oxygen atoms in total. The molecule has 1 aliphatic rings. The van der Waals surface area contributed by atoms with Gasteiger partial charge in [0.2, 0.25) is 0 Å². The van der Waals surface area contributed by atoms with Crippen molar-refractivity contribution in [2.24, 2.45) is 0 Å². The quantitative estimate of drug-likeness (QED) is 0.576. The number of alkyl halides is 3. The number of ether oxygens (including phenoxy) is 1. The number of fused-ring (bicyclic) bond motifs is 1. The third-order valence-electron chi connectivity index (χ3n) is 4.22. The van der Waals surface area contributed by atoms with Gasteiger partial charge >= 0.3 is 18.2 Å². The van der Waals surface area contributed by atoms with Gasteiger partial charge in [0, 0.05) is 54.1 Å². The van der Waals surface area contributed by atoms with E-state index in [9.17, 15) is 18.0 Å². The van der Waals surface area contributed by atoms with Crippen LogP contribution in [0.3, 0.4) is 0 Å². The summed E-state index contributed by atoms with van der Waals surface area (Å²) in [5.74, 6) is -2.79. The first-order valence-electron chi connectivity index (χ1n) is 8.82. The van der Waals surface area contributed by atoms with E-state index in [1.54, 1.807) is 18.6 Å². The van der Waals surface area contributed by atoms with Gasteiger partial charge in [0.15, 0.2) is 0 Å². The molecular formula is C19H16F3N5O4. The molecule has 0 aliphatic carbocycles. The maximum absolute atomic E-state index is 11.9. The van der Waals surface area contributed by atoms with Gasteiger partial charge in [0.1, 0.15) is 0 Å². The summed E-state index contributed by atoms with van der Waals surface area (Å²) in [4.78, 5) is 36.7. The zero-order chi connectivity index (χ0) is 22.6. The van der Waals surface area contributed by atoms with E-state index in [0.29, 0.717) is 18.1 Å². The smallest absolute Gasteiger partial charge is 0.475 e. The molecule has 0 atom stereocenters. The number of halogens is 3. The fourth-order valence-corrected chi connectivity index (χ4v) is 2.76. The van der Waals surface area contributed by atoms with Crippen molar-refractivity contribution in [1.29, 1.82) is 0 Å². The summed E-state index contributed by atoms with van der Waals surface area (Å²) in [7, 11) is 1.52. The Morgan fingerprint density at radius 1 is 1.16 bits per heavy atom. The predicted molar refractivity (Wildman–Crippen MR) is 101 cm³/mol. The molecule has 4 rings (SSSR count). The summed E-state index contributed by atoms with van der Waals surface area (Å²) in [6.45, 7) is 0.663. The van der Waals surface area contributed by atoms with Crippen LogP contribution in [0.2, 0.25) is 0 Å². The normalized spacial score (nSPS) is 12.8. The number of aromatic amines is 1. The number of amides is 1. The van der Waals surface area contributed by atoms with Gasteiger partial charge in [0.05, 0.1) is 18.4 Å². The number of hydrogen-bond acceptors (Lipinski definition) is 6. The monoisotopic (exact) mass is 435 g/mol. The lowest BCUT2D eigenvalue weighted by atomic mass is 10.1. The van der Waals surface area contributed by atoms with E-state index in [2.05, 4.69) is 25.3 Å². The number of hydrogen-bond donors (Lipinski definition) is 3. The van der Waals surface area contributed by atoms with E-state index in [4.69, 9.17) is 14.6 Å². The van der Waals surface area contributed by atoms with Gasteiger partial charge in [-0.05, 0) is 18.2 Å². The summed E-state index contributed by atoms with van der Waals surface area (Å²) in [6, 6.07) is 6.05. The minimum absolute atomic E-state index is 0.0309. The number of methoxy groups -OCH3 is 1. The first-order chi connectivity index (χ1) is 14.7. The van der Waals surface area contributed by atoms with Crippen LogP contribution in [0.1, 0.15) is 16.1 Å². The molecule has 0 saturated heterocycles. The van der Waals surface area contributed by atoms with Crippen molar-refractivity contribution in [2.75, 3.05) is 13.7 Å². The maximum Gasteiger partial charge on any atom is 0.490 e. The second kappa shape index (κ2) is 8.81. The third-order valence-corrected chi connectivity index (χ3v) is 4.22. The van der Waals surface area contributed by atoms with Gasteiger partial charge in [-0.2, -0.15) is 13.2 Å². The highest BCUT2D eigenvalue weighted by molar-refractivity contribution is 5.97. The van der Waals surface area contributed by atoms with Crippen molar-refractivity contribution in [3.63, 3.8) is 0 Å². The van der Waals surface area contributed by atoms with Crippen LogP contribution < -0.4 is 10.1 Å². The van der Waals surface area contributed by atoms with E-state index in [1.165, 1.54) is 7.11 Å². The Kier molecular flexibility index (Phi) is 6.18. The first kappa shape index (κ1) is 21.7. The molecule has 4 heterocycles. The second-order valence-corrected chi connectivity index (χ2v) is 6.27. The molecule has 162 valence electrons. The molecule has 1 aliphatic heterocycles. The number of rotatable bonds is 3. The lowest BCUT2D eigenvalue weighted by molar-refractivity contribution is -0.192. The summed E-state index contributed by atoms with van der Waals surface area (Å²) in [5, 5.41) is 9.98. The Morgan fingerprint density at radius 2 is 1.84 bits per heavy atom. The van der Waals surface area contributed by atoms with Crippen LogP contribution in [0.15, 0.2) is 36.8 Å². The summed E-state index contributed by atoms with van der Waals surface area (Å²) < 4.78 is 36.7. The fraction of sp³-hybridized carbons (Fsp3) is 0.211. The molecule has 0 unspecified atom stereocenters. The fourth-order valence-electron chi connectivity index (χ4n) is 2.76. The molecule has 1 amide bonds. The van der Waals surface area contributed by atoms with Crippen molar-refractivity contribution in [1.82, 2.24) is 25.3 Å². The molecule has 0 bridgehead atoms. The lowest BCUT2D eigenvalue weighted by Gasteiger charge is -2.10. The van der Waals surface area contributed by atoms with Crippen LogP contribution in [0.4, 0.5) is 13.2 Å². The van der Waals surface area contributed by atoms with E-state index in [1.807, 2.05) is 18.2 Å². The topological polar surface area (TPSA) is 130 Å². The van der Waals surface area contributed by atoms with Gasteiger partial charge in [0.25, 0.3) is 5.91 Å². The number of aromatic nitrogens is 4. The summed E-state index contributed by atoms with van der Waals surface area (Å²) >= 11 is 0. The number of carbonyl (C=O) groups is 2. The highest BCUT2D eigenvalue weighted by Crippen LogP contribution is 2.26. The number of pyridine rings is 1. The molecule has 0 radical (unpaired) electrons. The predicted octanol–water partition coefficient (Wildman–Crippen LogP) is 2.46. The molecule has 3 aromatic heterocycles. The highest BCUT2D eigenvalue weighted by Gasteiger charge is 2.38. The lowest BCUT2D eigenvalue weighted by Crippen LogP contribution is -2.31. The summed E-state index contributed by atoms with van der Waals surface area (Å²) in [5.41, 5.74) is 5.09. The Labute approximate surface area is 173 Å². The molecule has 31 heavy (non-hydrogen) atoms. The van der Waals surface area contributed by atoms with E-state index < -0.39 is 12.1 Å². The van der Waals surface area contributed by atoms with Crippen LogP contribution in [-0.2, 0) is 11.2 Å². The Bertz CT molecular complexity index is 1100. The molecule has 0 saturated carbocycles. The van der Waals surface area contributed by atoms with Crippen molar-refractivity contribution in [2.45, 2.75) is 12.6 Å². The van der Waals surface area contributed by atoms with Crippen LogP contribution in [0.5, 0.6) is 6.01 Å². The number of carboxylic acids is 1. The van der Waals surface area contributed by atoms with Crippen molar-refractivity contribution in [3.05, 3.63) is 48.0 Å². The number of carboxylic acid groups (broad SMARTS) is 1. The van der Waals surface area contributed by atoms with Gasteiger partial charge in [-0.1, -0.05) is 0 Å². The zero-order valence-corrected chi connectivity index (χ0v) is 16.0. The molecule has 3 aromatic rings. The third kappa shape index (κ3) is 5.15. The highest BCUT2D eigenvalue weighted by atomic mass is 19.4. The largest absolute Gasteiger partial charge is 0.490 e. The second-order valence-electron chi connectivity index (χ2n) is 6.27. The number of carbonyl (C=O) groups excluding carboxylic acids is 1. The van der Waals surface area contributed by atoms with E-state index >= 15 is 0 Å². The zero-order valence-electron chi connectivity index (χ0n) is 16.0. The molecule has 12 heteroatoms. The number of aliphatic carboxylic acids is 1. The number of H-pyrrole nitrogens is 1.